The molecule has 5 heteroatoms. The van der Waals surface area contributed by atoms with Gasteiger partial charge in [-0.3, -0.25) is 4.79 Å². The SMILES string of the molecule is Cc1noc2c1-c1ccc(Cl)cc1NC(=O)C2. The summed E-state index contributed by atoms with van der Waals surface area (Å²) in [6.45, 7) is 1.86. The first kappa shape index (κ1) is 10.4. The first-order valence-electron chi connectivity index (χ1n) is 5.20. The highest BCUT2D eigenvalue weighted by Gasteiger charge is 2.24. The van der Waals surface area contributed by atoms with Crippen LogP contribution in [0.25, 0.3) is 11.1 Å². The van der Waals surface area contributed by atoms with E-state index in [9.17, 15) is 4.79 Å². The molecule has 0 radical (unpaired) electrons. The summed E-state index contributed by atoms with van der Waals surface area (Å²) < 4.78 is 5.18. The van der Waals surface area contributed by atoms with Gasteiger partial charge in [0.2, 0.25) is 5.91 Å². The molecule has 0 aliphatic carbocycles. The topological polar surface area (TPSA) is 55.1 Å². The van der Waals surface area contributed by atoms with E-state index < -0.39 is 0 Å². The largest absolute Gasteiger partial charge is 0.360 e. The fourth-order valence-electron chi connectivity index (χ4n) is 2.06. The van der Waals surface area contributed by atoms with Crippen molar-refractivity contribution in [2.45, 2.75) is 13.3 Å². The molecule has 2 aromatic rings. The van der Waals surface area contributed by atoms with Gasteiger partial charge in [0.25, 0.3) is 0 Å². The highest BCUT2D eigenvalue weighted by Crippen LogP contribution is 2.37. The maximum absolute atomic E-state index is 11.7. The van der Waals surface area contributed by atoms with Gasteiger partial charge in [0, 0.05) is 10.6 Å². The molecule has 0 atom stereocenters. The average Bonchev–Trinajstić information content (AvgIpc) is 2.55. The third-order valence-electron chi connectivity index (χ3n) is 2.78. The minimum atomic E-state index is -0.122. The molecule has 86 valence electrons. The Balaban J connectivity index is 2.32. The lowest BCUT2D eigenvalue weighted by Crippen LogP contribution is -2.12. The van der Waals surface area contributed by atoms with E-state index in [1.165, 1.54) is 0 Å². The van der Waals surface area contributed by atoms with Crippen LogP contribution in [0.2, 0.25) is 5.02 Å². The van der Waals surface area contributed by atoms with E-state index in [0.29, 0.717) is 16.5 Å². The van der Waals surface area contributed by atoms with Crippen LogP contribution in [0, 0.1) is 6.92 Å². The third-order valence-corrected chi connectivity index (χ3v) is 3.01. The van der Waals surface area contributed by atoms with Gasteiger partial charge in [-0.15, -0.1) is 0 Å². The maximum Gasteiger partial charge on any atom is 0.232 e. The lowest BCUT2D eigenvalue weighted by Gasteiger charge is -2.07. The summed E-state index contributed by atoms with van der Waals surface area (Å²) in [6, 6.07) is 5.39. The lowest BCUT2D eigenvalue weighted by molar-refractivity contribution is -0.115. The molecule has 0 fully saturated rings. The summed E-state index contributed by atoms with van der Waals surface area (Å²) in [6.07, 6.45) is 0.197. The minimum Gasteiger partial charge on any atom is -0.360 e. The summed E-state index contributed by atoms with van der Waals surface area (Å²) in [5.74, 6) is 0.476. The zero-order chi connectivity index (χ0) is 12.0. The number of benzene rings is 1. The van der Waals surface area contributed by atoms with Crippen LogP contribution in [0.1, 0.15) is 11.5 Å². The molecule has 3 rings (SSSR count). The Morgan fingerprint density at radius 2 is 2.29 bits per heavy atom. The number of carbonyl (C=O) groups excluding carboxylic acids is 1. The van der Waals surface area contributed by atoms with Crippen LogP contribution in [0.15, 0.2) is 22.7 Å². The molecule has 17 heavy (non-hydrogen) atoms. The van der Waals surface area contributed by atoms with E-state index in [-0.39, 0.29) is 12.3 Å². The first-order valence-corrected chi connectivity index (χ1v) is 5.58. The van der Waals surface area contributed by atoms with Crippen LogP contribution in [0.3, 0.4) is 0 Å². The maximum atomic E-state index is 11.7. The van der Waals surface area contributed by atoms with E-state index in [4.69, 9.17) is 16.1 Å². The highest BCUT2D eigenvalue weighted by molar-refractivity contribution is 6.31. The van der Waals surface area contributed by atoms with Crippen LogP contribution in [-0.4, -0.2) is 11.1 Å². The Labute approximate surface area is 103 Å². The minimum absolute atomic E-state index is 0.122. The Morgan fingerprint density at radius 3 is 3.12 bits per heavy atom. The molecule has 1 amide bonds. The van der Waals surface area contributed by atoms with Gasteiger partial charge in [0.15, 0.2) is 5.76 Å². The normalized spacial score (nSPS) is 13.6. The number of nitrogens with zero attached hydrogens (tertiary/aromatic N) is 1. The van der Waals surface area contributed by atoms with Gasteiger partial charge in [0.05, 0.1) is 23.4 Å². The number of amides is 1. The predicted molar refractivity (Wildman–Crippen MR) is 64.0 cm³/mol. The number of halogens is 1. The zero-order valence-corrected chi connectivity index (χ0v) is 9.84. The lowest BCUT2D eigenvalue weighted by atomic mass is 10.0. The molecule has 4 nitrogen and oxygen atoms in total. The second-order valence-corrected chi connectivity index (χ2v) is 4.42. The van der Waals surface area contributed by atoms with Crippen LogP contribution < -0.4 is 5.32 Å². The highest BCUT2D eigenvalue weighted by atomic mass is 35.5. The summed E-state index contributed by atoms with van der Waals surface area (Å²) in [5, 5.41) is 7.30. The number of hydrogen-bond acceptors (Lipinski definition) is 3. The van der Waals surface area contributed by atoms with E-state index in [2.05, 4.69) is 10.5 Å². The molecule has 2 heterocycles. The van der Waals surface area contributed by atoms with Gasteiger partial charge in [-0.1, -0.05) is 22.8 Å². The second kappa shape index (κ2) is 3.60. The van der Waals surface area contributed by atoms with Gasteiger partial charge in [-0.25, -0.2) is 0 Å². The summed E-state index contributed by atoms with van der Waals surface area (Å²) in [5.41, 5.74) is 3.26. The number of aromatic nitrogens is 1. The zero-order valence-electron chi connectivity index (χ0n) is 9.08. The summed E-state index contributed by atoms with van der Waals surface area (Å²) in [4.78, 5) is 11.7. The number of fused-ring (bicyclic) bond motifs is 3. The molecule has 1 aliphatic rings. The van der Waals surface area contributed by atoms with Crippen LogP contribution >= 0.6 is 11.6 Å². The van der Waals surface area contributed by atoms with Crippen LogP contribution in [-0.2, 0) is 11.2 Å². The van der Waals surface area contributed by atoms with Crippen molar-refractivity contribution >= 4 is 23.2 Å². The molecule has 0 bridgehead atoms. The molecule has 0 spiro atoms. The summed E-state index contributed by atoms with van der Waals surface area (Å²) in [7, 11) is 0. The van der Waals surface area contributed by atoms with Gasteiger partial charge in [0.1, 0.15) is 0 Å². The van der Waals surface area contributed by atoms with Crippen molar-refractivity contribution < 1.29 is 9.32 Å². The molecule has 0 unspecified atom stereocenters. The van der Waals surface area contributed by atoms with Gasteiger partial charge in [-0.05, 0) is 19.1 Å². The first-order chi connectivity index (χ1) is 8.15. The average molecular weight is 249 g/mol. The van der Waals surface area contributed by atoms with E-state index >= 15 is 0 Å². The molecular formula is C12H9ClN2O2. The molecule has 1 aliphatic heterocycles. The van der Waals surface area contributed by atoms with Crippen molar-refractivity contribution in [3.63, 3.8) is 0 Å². The fourth-order valence-corrected chi connectivity index (χ4v) is 2.23. The van der Waals surface area contributed by atoms with E-state index in [0.717, 1.165) is 16.8 Å². The molecule has 0 saturated heterocycles. The Bertz CT molecular complexity index is 619. The van der Waals surface area contributed by atoms with Crippen LogP contribution in [0.5, 0.6) is 0 Å². The van der Waals surface area contributed by atoms with E-state index in [1.807, 2.05) is 13.0 Å². The van der Waals surface area contributed by atoms with Crippen molar-refractivity contribution in [2.24, 2.45) is 0 Å². The van der Waals surface area contributed by atoms with Gasteiger partial charge in [-0.2, -0.15) is 0 Å². The van der Waals surface area contributed by atoms with Crippen molar-refractivity contribution in [1.29, 1.82) is 0 Å². The molecule has 1 aromatic heterocycles. The van der Waals surface area contributed by atoms with Crippen molar-refractivity contribution in [1.82, 2.24) is 5.16 Å². The number of nitrogens with one attached hydrogen (secondary N) is 1. The van der Waals surface area contributed by atoms with E-state index in [1.54, 1.807) is 12.1 Å². The Kier molecular flexibility index (Phi) is 2.19. The Morgan fingerprint density at radius 1 is 1.47 bits per heavy atom. The standard InChI is InChI=1S/C12H9ClN2O2/c1-6-12-8-3-2-7(13)4-9(8)14-11(16)5-10(12)17-15-6/h2-4H,5H2,1H3,(H,14,16). The monoisotopic (exact) mass is 248 g/mol. The van der Waals surface area contributed by atoms with Crippen molar-refractivity contribution in [2.75, 3.05) is 5.32 Å². The fraction of sp³-hybridized carbons (Fsp3) is 0.167. The third kappa shape index (κ3) is 1.61. The molecule has 1 N–H and O–H groups in total. The van der Waals surface area contributed by atoms with Crippen molar-refractivity contribution in [3.8, 4) is 11.1 Å². The number of hydrogen-bond donors (Lipinski definition) is 1. The number of carbonyl (C=O) groups is 1. The Hall–Kier alpha value is -1.81. The number of aryl methyl sites for hydroxylation is 1. The number of anilines is 1. The van der Waals surface area contributed by atoms with Gasteiger partial charge >= 0.3 is 0 Å². The summed E-state index contributed by atoms with van der Waals surface area (Å²) >= 11 is 5.93. The quantitative estimate of drug-likeness (QED) is 0.780. The molecule has 1 aromatic carbocycles. The predicted octanol–water partition coefficient (Wildman–Crippen LogP) is 2.80. The second-order valence-electron chi connectivity index (χ2n) is 3.98. The van der Waals surface area contributed by atoms with Crippen molar-refractivity contribution in [3.05, 3.63) is 34.7 Å². The smallest absolute Gasteiger partial charge is 0.232 e. The van der Waals surface area contributed by atoms with Crippen LogP contribution in [0.4, 0.5) is 5.69 Å². The number of rotatable bonds is 0. The molecular weight excluding hydrogens is 240 g/mol. The van der Waals surface area contributed by atoms with Gasteiger partial charge < -0.3 is 9.84 Å². The molecule has 0 saturated carbocycles.